The largest absolute Gasteiger partial charge is 0.478 e. The van der Waals surface area contributed by atoms with E-state index in [1.807, 2.05) is 49.6 Å². The van der Waals surface area contributed by atoms with Gasteiger partial charge < -0.3 is 14.7 Å². The van der Waals surface area contributed by atoms with Crippen molar-refractivity contribution in [2.75, 3.05) is 10.7 Å². The van der Waals surface area contributed by atoms with Crippen LogP contribution < -0.4 is 35.2 Å². The highest BCUT2D eigenvalue weighted by molar-refractivity contribution is 7.86. The molecule has 3 aliphatic rings. The van der Waals surface area contributed by atoms with Gasteiger partial charge in [0.1, 0.15) is 24.5 Å². The highest BCUT2D eigenvalue weighted by Gasteiger charge is 2.43. The summed E-state index contributed by atoms with van der Waals surface area (Å²) in [7, 11) is -17.1. The van der Waals surface area contributed by atoms with Crippen LogP contribution in [0.2, 0.25) is 13.1 Å². The monoisotopic (exact) mass is 997 g/mol. The van der Waals surface area contributed by atoms with E-state index in [1.165, 1.54) is 42.5 Å². The lowest BCUT2D eigenvalue weighted by Gasteiger charge is -2.45. The van der Waals surface area contributed by atoms with Crippen LogP contribution in [-0.4, -0.2) is 81.4 Å². The molecule has 4 N–H and O–H groups in total. The van der Waals surface area contributed by atoms with Crippen molar-refractivity contribution < 1.29 is 58.3 Å². The van der Waals surface area contributed by atoms with Gasteiger partial charge >= 0.3 is 5.97 Å². The average molecular weight is 998 g/mol. The molecular formula is C49H49N2O13S3Si+. The van der Waals surface area contributed by atoms with Crippen molar-refractivity contribution >= 4 is 83.6 Å². The first-order valence-electron chi connectivity index (χ1n) is 21.3. The predicted molar refractivity (Wildman–Crippen MR) is 260 cm³/mol. The number of anilines is 1. The number of carbonyl (C=O) groups is 2. The maximum atomic E-state index is 13.2. The maximum absolute atomic E-state index is 13.2. The van der Waals surface area contributed by atoms with E-state index in [0.717, 1.165) is 27.2 Å². The van der Waals surface area contributed by atoms with Crippen LogP contribution in [0.4, 0.5) is 5.69 Å². The molecule has 19 heteroatoms. The van der Waals surface area contributed by atoms with Crippen LogP contribution in [0.25, 0.3) is 16.7 Å². The Morgan fingerprint density at radius 3 is 1.97 bits per heavy atom. The fourth-order valence-corrected chi connectivity index (χ4v) is 15.3. The first kappa shape index (κ1) is 48.4. The van der Waals surface area contributed by atoms with Crippen molar-refractivity contribution in [3.8, 4) is 5.75 Å². The maximum Gasteiger partial charge on any atom is 0.336 e. The van der Waals surface area contributed by atoms with Crippen molar-refractivity contribution in [3.05, 3.63) is 153 Å². The quantitative estimate of drug-likeness (QED) is 0.0572. The summed E-state index contributed by atoms with van der Waals surface area (Å²) in [5, 5.41) is 13.4. The molecule has 3 aliphatic heterocycles. The SMILES string of the molecule is CC1=CC(C)(C)N(Cc2ccccc2S(=O)(=O)O)c2cc3c(cc21)C(c1cc(OC=O)ccc1C(=O)O)=c1cc2c(cc1[Si]3(C)C)=[N+](Cc1ccccc1S(=O)(=O)O)C(C)(C)C=C2CS(=O)(=O)O. The number of benzene rings is 5. The van der Waals surface area contributed by atoms with Crippen LogP contribution in [0, 0.1) is 0 Å². The molecule has 68 heavy (non-hydrogen) atoms. The first-order valence-corrected chi connectivity index (χ1v) is 28.8. The minimum atomic E-state index is -4.69. The third kappa shape index (κ3) is 8.67. The number of carboxylic acids is 1. The lowest BCUT2D eigenvalue weighted by molar-refractivity contribution is -0.120. The summed E-state index contributed by atoms with van der Waals surface area (Å²) in [4.78, 5) is 26.4. The van der Waals surface area contributed by atoms with Gasteiger partial charge in [-0.3, -0.25) is 18.5 Å². The molecule has 0 radical (unpaired) electrons. The molecule has 5 aromatic rings. The van der Waals surface area contributed by atoms with E-state index >= 15 is 0 Å². The molecule has 15 nitrogen and oxygen atoms in total. The number of nitrogens with zero attached hydrogens (tertiary/aromatic N) is 2. The first-order chi connectivity index (χ1) is 31.5. The fourth-order valence-electron chi connectivity index (χ4n) is 10.2. The zero-order valence-electron chi connectivity index (χ0n) is 38.1. The molecule has 0 amide bonds. The van der Waals surface area contributed by atoms with Crippen molar-refractivity contribution in [2.45, 2.75) is 81.7 Å². The average Bonchev–Trinajstić information content (AvgIpc) is 3.22. The summed E-state index contributed by atoms with van der Waals surface area (Å²) in [6.07, 6.45) is 3.71. The number of allylic oxidation sites excluding steroid dienone is 1. The minimum Gasteiger partial charge on any atom is -0.478 e. The summed E-state index contributed by atoms with van der Waals surface area (Å²) in [5.74, 6) is -2.03. The topological polar surface area (TPSA) is 233 Å². The van der Waals surface area contributed by atoms with Gasteiger partial charge in [0.15, 0.2) is 12.1 Å². The Labute approximate surface area is 395 Å². The van der Waals surface area contributed by atoms with Crippen LogP contribution in [0.15, 0.2) is 113 Å². The molecule has 0 aromatic heterocycles. The van der Waals surface area contributed by atoms with Crippen LogP contribution in [-0.2, 0) is 48.2 Å². The van der Waals surface area contributed by atoms with Gasteiger partial charge in [-0.15, -0.1) is 0 Å². The summed E-state index contributed by atoms with van der Waals surface area (Å²) in [6, 6.07) is 24.0. The molecular weight excluding hydrogens is 949 g/mol. The van der Waals surface area contributed by atoms with Crippen LogP contribution in [0.5, 0.6) is 5.75 Å². The summed E-state index contributed by atoms with van der Waals surface area (Å²) in [6.45, 7) is 14.0. The lowest BCUT2D eigenvalue weighted by Crippen LogP contribution is -2.65. The number of hydrogen-bond acceptors (Lipinski definition) is 10. The van der Waals surface area contributed by atoms with Crippen molar-refractivity contribution in [3.63, 3.8) is 0 Å². The second kappa shape index (κ2) is 16.6. The Morgan fingerprint density at radius 1 is 0.750 bits per heavy atom. The lowest BCUT2D eigenvalue weighted by atomic mass is 9.84. The van der Waals surface area contributed by atoms with E-state index in [0.29, 0.717) is 32.8 Å². The van der Waals surface area contributed by atoms with Gasteiger partial charge in [0, 0.05) is 48.8 Å². The molecule has 0 bridgehead atoms. The van der Waals surface area contributed by atoms with E-state index in [2.05, 4.69) is 18.0 Å². The van der Waals surface area contributed by atoms with Gasteiger partial charge in [-0.25, -0.2) is 9.37 Å². The van der Waals surface area contributed by atoms with E-state index in [-0.39, 0.29) is 57.4 Å². The third-order valence-corrected chi connectivity index (χ3v) is 19.3. The van der Waals surface area contributed by atoms with Gasteiger partial charge in [-0.1, -0.05) is 55.6 Å². The minimum absolute atomic E-state index is 0.0486. The van der Waals surface area contributed by atoms with Gasteiger partial charge in [-0.2, -0.15) is 25.3 Å². The zero-order valence-corrected chi connectivity index (χ0v) is 41.5. The zero-order chi connectivity index (χ0) is 49.7. The number of hydrogen-bond donors (Lipinski definition) is 4. The second-order valence-corrected chi connectivity index (χ2v) is 27.5. The molecule has 0 spiro atoms. The van der Waals surface area contributed by atoms with Gasteiger partial charge in [0.2, 0.25) is 5.36 Å². The standard InChI is InChI=1S/C49H48N2O13S3Si/c1-29-23-48(2,3)50(25-30-12-8-10-14-42(30)66(58,59)60)40-21-44-38(19-35(29)40)46(37-18-33(64-28-52)16-17-34(37)47(53)54)39-20-36-32(27-65(55,56)57)24-49(4,5)51(41(36)22-45(39)68(44,6)7)26-31-13-9-11-15-43(31)67(61,62)63/h8-24,28H,25-27H2,1-7H3,(H3-,53,54,55,56,57,58,59,60,61,62,63)/p+1. The summed E-state index contributed by atoms with van der Waals surface area (Å²) >= 11 is 0. The Hall–Kier alpha value is -6.06. The molecule has 5 aromatic carbocycles. The predicted octanol–water partition coefficient (Wildman–Crippen LogP) is 4.75. The molecule has 354 valence electrons. The molecule has 0 fully saturated rings. The van der Waals surface area contributed by atoms with E-state index in [1.54, 1.807) is 50.3 Å². The Kier molecular flexibility index (Phi) is 11.8. The van der Waals surface area contributed by atoms with Gasteiger partial charge in [-0.05, 0) is 119 Å². The summed E-state index contributed by atoms with van der Waals surface area (Å²) < 4.78 is 114. The number of aromatic carboxylic acids is 1. The van der Waals surface area contributed by atoms with Crippen molar-refractivity contribution in [2.24, 2.45) is 0 Å². The molecule has 0 saturated heterocycles. The molecule has 0 aliphatic carbocycles. The Morgan fingerprint density at radius 2 is 1.37 bits per heavy atom. The van der Waals surface area contributed by atoms with Crippen molar-refractivity contribution in [1.82, 2.24) is 4.58 Å². The second-order valence-electron chi connectivity index (χ2n) is 18.9. The Bertz CT molecular complexity index is 3600. The smallest absolute Gasteiger partial charge is 0.336 e. The van der Waals surface area contributed by atoms with E-state index in [9.17, 15) is 53.6 Å². The number of rotatable bonds is 12. The normalized spacial score (nSPS) is 16.9. The third-order valence-electron chi connectivity index (χ3n) is 13.2. The van der Waals surface area contributed by atoms with Crippen LogP contribution in [0.1, 0.15) is 78.4 Å². The van der Waals surface area contributed by atoms with Crippen LogP contribution in [0.3, 0.4) is 0 Å². The number of carboxylic acid groups (broad SMARTS) is 1. The molecule has 0 saturated carbocycles. The number of ether oxygens (including phenoxy) is 1. The van der Waals surface area contributed by atoms with E-state index < -0.39 is 61.2 Å². The van der Waals surface area contributed by atoms with E-state index in [4.69, 9.17) is 4.74 Å². The van der Waals surface area contributed by atoms with Crippen molar-refractivity contribution in [1.29, 1.82) is 0 Å². The Balaban J connectivity index is 1.54. The molecule has 8 rings (SSSR count). The number of carbonyl (C=O) groups excluding carboxylic acids is 1. The summed E-state index contributed by atoms with van der Waals surface area (Å²) in [5.41, 5.74) is 2.87. The highest BCUT2D eigenvalue weighted by Crippen LogP contribution is 2.43. The highest BCUT2D eigenvalue weighted by atomic mass is 32.2. The van der Waals surface area contributed by atoms with Crippen LogP contribution >= 0.6 is 0 Å². The molecule has 0 unspecified atom stereocenters. The molecule has 3 heterocycles. The number of fused-ring (bicyclic) bond motifs is 4. The molecule has 0 atom stereocenters. The van der Waals surface area contributed by atoms with Gasteiger partial charge in [0.05, 0.1) is 21.6 Å². The van der Waals surface area contributed by atoms with Gasteiger partial charge in [0.25, 0.3) is 36.8 Å². The fraction of sp³-hybridized carbons (Fsp3) is 0.245.